The largest absolute Gasteiger partial charge is 0.507 e. The number of phenols is 1. The van der Waals surface area contributed by atoms with Crippen molar-refractivity contribution in [3.63, 3.8) is 0 Å². The molecule has 1 aromatic heterocycles. The lowest BCUT2D eigenvalue weighted by atomic mass is 9.94. The number of Topliss-reactive ketones (excluding diaryl/α,β-unsaturated/α-hetero) is 1. The Kier molecular flexibility index (Phi) is 6.42. The van der Waals surface area contributed by atoms with E-state index in [9.17, 15) is 19.8 Å². The first kappa shape index (κ1) is 26.1. The lowest BCUT2D eigenvalue weighted by Gasteiger charge is -2.24. The van der Waals surface area contributed by atoms with Gasteiger partial charge in [0.25, 0.3) is 5.78 Å². The number of methoxy groups -OCH3 is 2. The molecule has 1 amide bonds. The number of hydrogen-bond acceptors (Lipinski definition) is 9. The third-order valence-electron chi connectivity index (χ3n) is 6.99. The minimum absolute atomic E-state index is 0.00236. The van der Waals surface area contributed by atoms with Crippen molar-refractivity contribution in [1.82, 2.24) is 4.98 Å². The number of carbonyl (C=O) groups is 2. The molecule has 9 nitrogen and oxygen atoms in total. The number of fused-ring (bicyclic) bond motifs is 2. The van der Waals surface area contributed by atoms with Crippen molar-refractivity contribution in [2.45, 2.75) is 25.5 Å². The molecule has 11 heteroatoms. The van der Waals surface area contributed by atoms with E-state index in [1.165, 1.54) is 29.4 Å². The highest BCUT2D eigenvalue weighted by Crippen LogP contribution is 2.47. The summed E-state index contributed by atoms with van der Waals surface area (Å²) in [5.41, 5.74) is 2.24. The number of aliphatic hydroxyl groups excluding tert-OH is 1. The molecular weight excluding hydrogens is 600 g/mol. The fourth-order valence-electron chi connectivity index (χ4n) is 5.10. The Hall–Kier alpha value is -4.09. The van der Waals surface area contributed by atoms with Gasteiger partial charge in [0, 0.05) is 12.0 Å². The number of aromatic hydroxyl groups is 1. The van der Waals surface area contributed by atoms with Crippen LogP contribution in [0.15, 0.2) is 58.6 Å². The van der Waals surface area contributed by atoms with Gasteiger partial charge in [-0.05, 0) is 82.5 Å². The van der Waals surface area contributed by atoms with E-state index in [-0.39, 0.29) is 34.1 Å². The zero-order chi connectivity index (χ0) is 28.3. The second kappa shape index (κ2) is 9.83. The summed E-state index contributed by atoms with van der Waals surface area (Å²) in [4.78, 5) is 33.2. The average Bonchev–Trinajstić information content (AvgIpc) is 3.61. The topological polar surface area (TPSA) is 118 Å². The number of benzene rings is 3. The molecule has 0 radical (unpaired) electrons. The Bertz CT molecular complexity index is 1750. The van der Waals surface area contributed by atoms with Gasteiger partial charge in [-0.3, -0.25) is 14.5 Å². The monoisotopic (exact) mass is 622 g/mol. The fraction of sp³-hybridized carbons (Fsp3) is 0.207. The predicted molar refractivity (Wildman–Crippen MR) is 154 cm³/mol. The molecule has 204 valence electrons. The summed E-state index contributed by atoms with van der Waals surface area (Å²) in [7, 11) is 2.96. The Morgan fingerprint density at radius 2 is 1.93 bits per heavy atom. The van der Waals surface area contributed by atoms with Crippen molar-refractivity contribution >= 4 is 60.1 Å². The molecule has 0 bridgehead atoms. The summed E-state index contributed by atoms with van der Waals surface area (Å²) in [6.07, 6.45) is 0.656. The number of thiazole rings is 1. The second-order valence-corrected chi connectivity index (χ2v) is 11.4. The number of ether oxygens (including phenoxy) is 3. The van der Waals surface area contributed by atoms with Crippen molar-refractivity contribution in [2.75, 3.05) is 19.1 Å². The van der Waals surface area contributed by atoms with Gasteiger partial charge < -0.3 is 24.4 Å². The van der Waals surface area contributed by atoms with Crippen LogP contribution < -0.4 is 19.1 Å². The van der Waals surface area contributed by atoms with Gasteiger partial charge in [0.2, 0.25) is 0 Å². The van der Waals surface area contributed by atoms with Gasteiger partial charge in [-0.1, -0.05) is 11.3 Å². The van der Waals surface area contributed by atoms with Crippen LogP contribution in [0.2, 0.25) is 0 Å². The molecule has 0 saturated carbocycles. The van der Waals surface area contributed by atoms with E-state index in [0.29, 0.717) is 33.3 Å². The van der Waals surface area contributed by atoms with Crippen molar-refractivity contribution in [2.24, 2.45) is 0 Å². The predicted octanol–water partition coefficient (Wildman–Crippen LogP) is 5.73. The zero-order valence-corrected chi connectivity index (χ0v) is 24.0. The molecule has 40 heavy (non-hydrogen) atoms. The number of hydrogen-bond donors (Lipinski definition) is 2. The minimum atomic E-state index is -1.06. The first-order valence-electron chi connectivity index (χ1n) is 12.3. The fourth-order valence-corrected chi connectivity index (χ4v) is 6.58. The summed E-state index contributed by atoms with van der Waals surface area (Å²) in [5.74, 6) is -0.664. The summed E-state index contributed by atoms with van der Waals surface area (Å²) >= 11 is 4.56. The zero-order valence-electron chi connectivity index (χ0n) is 21.6. The van der Waals surface area contributed by atoms with E-state index >= 15 is 0 Å². The van der Waals surface area contributed by atoms with Crippen molar-refractivity contribution in [3.8, 4) is 23.0 Å². The summed E-state index contributed by atoms with van der Waals surface area (Å²) in [5, 5.41) is 22.3. The maximum Gasteiger partial charge on any atom is 0.301 e. The summed E-state index contributed by atoms with van der Waals surface area (Å²) in [6, 6.07) is 12.6. The normalized spacial score (nSPS) is 19.6. The second-order valence-electron chi connectivity index (χ2n) is 9.51. The van der Waals surface area contributed by atoms with Crippen LogP contribution in [0.25, 0.3) is 16.0 Å². The van der Waals surface area contributed by atoms with Crippen molar-refractivity contribution in [1.29, 1.82) is 0 Å². The molecule has 3 aromatic carbocycles. The number of amides is 1. The number of halogens is 1. The third-order valence-corrected chi connectivity index (χ3v) is 8.61. The molecular formula is C29H23BrN2O7S. The molecule has 3 heterocycles. The van der Waals surface area contributed by atoms with E-state index in [2.05, 4.69) is 20.9 Å². The first-order valence-corrected chi connectivity index (χ1v) is 13.9. The van der Waals surface area contributed by atoms with E-state index in [1.54, 1.807) is 49.6 Å². The molecule has 2 aliphatic rings. The number of aromatic nitrogens is 1. The van der Waals surface area contributed by atoms with Crippen LogP contribution in [0.4, 0.5) is 5.13 Å². The van der Waals surface area contributed by atoms with E-state index in [0.717, 1.165) is 16.0 Å². The molecule has 6 rings (SSSR count). The van der Waals surface area contributed by atoms with E-state index < -0.39 is 17.7 Å². The molecule has 0 unspecified atom stereocenters. The first-order chi connectivity index (χ1) is 19.2. The van der Waals surface area contributed by atoms with Crippen molar-refractivity contribution in [3.05, 3.63) is 75.3 Å². The lowest BCUT2D eigenvalue weighted by Crippen LogP contribution is -2.29. The number of rotatable bonds is 5. The van der Waals surface area contributed by atoms with Gasteiger partial charge >= 0.3 is 5.91 Å². The van der Waals surface area contributed by atoms with Gasteiger partial charge in [-0.15, -0.1) is 0 Å². The SMILES string of the molecule is COc1ccc2nc(N3C(=O)C(=O)/C(=C(/O)c4ccc5c(c4)C[C@@H](C)O5)[C@H]3c3cc(Br)c(O)c(OC)c3)sc2c1. The number of nitrogens with zero attached hydrogens (tertiary/aromatic N) is 2. The highest BCUT2D eigenvalue weighted by atomic mass is 79.9. The quantitative estimate of drug-likeness (QED) is 0.164. The molecule has 1 saturated heterocycles. The number of aliphatic hydroxyl groups is 1. The lowest BCUT2D eigenvalue weighted by molar-refractivity contribution is -0.132. The Morgan fingerprint density at radius 1 is 1.12 bits per heavy atom. The van der Waals surface area contributed by atoms with E-state index in [1.807, 2.05) is 6.92 Å². The molecule has 1 fully saturated rings. The van der Waals surface area contributed by atoms with Gasteiger partial charge in [-0.25, -0.2) is 4.98 Å². The van der Waals surface area contributed by atoms with Gasteiger partial charge in [-0.2, -0.15) is 0 Å². The molecule has 0 spiro atoms. The molecule has 2 atom stereocenters. The van der Waals surface area contributed by atoms with Crippen molar-refractivity contribution < 1.29 is 34.0 Å². The number of ketones is 1. The molecule has 2 aliphatic heterocycles. The maximum atomic E-state index is 13.6. The van der Waals surface area contributed by atoms with E-state index in [4.69, 9.17) is 14.2 Å². The van der Waals surface area contributed by atoms with Crippen LogP contribution in [0.1, 0.15) is 29.7 Å². The van der Waals surface area contributed by atoms with Gasteiger partial charge in [0.15, 0.2) is 16.6 Å². The smallest absolute Gasteiger partial charge is 0.301 e. The standard InChI is InChI=1S/C29H23BrN2O7S/c1-13-8-15-9-14(4-7-20(15)39-13)25(33)23-24(16-10-18(30)26(34)21(11-16)38-3)32(28(36)27(23)35)29-31-19-6-5-17(37-2)12-22(19)40-29/h4-7,9-13,24,33-34H,8H2,1-3H3/b25-23+/t13-,24-/m1/s1. The molecule has 4 aromatic rings. The molecule has 0 aliphatic carbocycles. The van der Waals surface area contributed by atoms with Crippen LogP contribution in [-0.4, -0.2) is 47.2 Å². The number of phenolic OH excluding ortho intramolecular Hbond substituents is 1. The summed E-state index contributed by atoms with van der Waals surface area (Å²) in [6.45, 7) is 1.95. The Balaban J connectivity index is 1.57. The number of anilines is 1. The minimum Gasteiger partial charge on any atom is -0.507 e. The maximum absolute atomic E-state index is 13.6. The van der Waals surface area contributed by atoms with Crippen LogP contribution in [-0.2, 0) is 16.0 Å². The van der Waals surface area contributed by atoms with Crippen LogP contribution in [0, 0.1) is 0 Å². The highest BCUT2D eigenvalue weighted by Gasteiger charge is 2.48. The van der Waals surface area contributed by atoms with Gasteiger partial charge in [0.05, 0.1) is 40.5 Å². The number of carbonyl (C=O) groups excluding carboxylic acids is 2. The Morgan fingerprint density at radius 3 is 2.67 bits per heavy atom. The Labute approximate surface area is 241 Å². The van der Waals surface area contributed by atoms with Crippen LogP contribution >= 0.6 is 27.3 Å². The average molecular weight is 623 g/mol. The molecule has 2 N–H and O–H groups in total. The summed E-state index contributed by atoms with van der Waals surface area (Å²) < 4.78 is 17.5. The third kappa shape index (κ3) is 4.16. The van der Waals surface area contributed by atoms with Crippen LogP contribution in [0.3, 0.4) is 0 Å². The van der Waals surface area contributed by atoms with Gasteiger partial charge in [0.1, 0.15) is 23.4 Å². The van der Waals surface area contributed by atoms with Crippen LogP contribution in [0.5, 0.6) is 23.0 Å². The highest BCUT2D eigenvalue weighted by molar-refractivity contribution is 9.10.